The molecule has 16 nitrogen and oxygen atoms in total. The van der Waals surface area contributed by atoms with Crippen molar-refractivity contribution in [2.24, 2.45) is 30.4 Å². The number of hydrogen-bond donors (Lipinski definition) is 2. The molecule has 0 aliphatic carbocycles. The summed E-state index contributed by atoms with van der Waals surface area (Å²) in [6.45, 7) is 1.63. The Labute approximate surface area is 395 Å². The molecule has 0 saturated carbocycles. The van der Waals surface area contributed by atoms with Gasteiger partial charge in [0.15, 0.2) is 17.0 Å². The summed E-state index contributed by atoms with van der Waals surface area (Å²) in [7, 11) is 3.94. The second-order valence-corrected chi connectivity index (χ2v) is 16.0. The van der Waals surface area contributed by atoms with Gasteiger partial charge in [-0.25, -0.2) is 15.0 Å². The van der Waals surface area contributed by atoms with E-state index in [1.54, 1.807) is 77.4 Å². The van der Waals surface area contributed by atoms with E-state index in [9.17, 15) is 19.8 Å². The number of anilines is 3. The average molecular weight is 909 g/mol. The maximum Gasteiger partial charge on any atom is 0.282 e. The summed E-state index contributed by atoms with van der Waals surface area (Å²) in [5.41, 5.74) is 7.14. The topological polar surface area (TPSA) is 189 Å². The molecule has 10 rings (SSSR count). The Morgan fingerprint density at radius 2 is 0.986 bits per heavy atom. The third-order valence-corrected chi connectivity index (χ3v) is 11.2. The van der Waals surface area contributed by atoms with Crippen LogP contribution >= 0.6 is 0 Å². The molecule has 2 aliphatic heterocycles. The highest BCUT2D eigenvalue weighted by Gasteiger charge is 2.34. The van der Waals surface area contributed by atoms with Crippen molar-refractivity contribution in [3.63, 3.8) is 0 Å². The van der Waals surface area contributed by atoms with Gasteiger partial charge in [0.2, 0.25) is 5.88 Å². The summed E-state index contributed by atoms with van der Waals surface area (Å²) in [5.74, 6) is -0.554. The van der Waals surface area contributed by atoms with E-state index in [0.29, 0.717) is 56.9 Å². The molecule has 0 fully saturated rings. The predicted octanol–water partition coefficient (Wildman–Crippen LogP) is 11.0. The first kappa shape index (κ1) is 43.2. The number of aromatic nitrogens is 3. The van der Waals surface area contributed by atoms with Crippen LogP contribution in [0.3, 0.4) is 0 Å². The number of hydrogen-bond acceptors (Lipinski definition) is 13. The highest BCUT2D eigenvalue weighted by atomic mass is 16.3. The van der Waals surface area contributed by atoms with Gasteiger partial charge in [-0.2, -0.15) is 14.7 Å². The Morgan fingerprint density at radius 3 is 1.46 bits per heavy atom. The lowest BCUT2D eigenvalue weighted by atomic mass is 10.1. The van der Waals surface area contributed by atoms with Gasteiger partial charge in [0, 0.05) is 30.9 Å². The molecule has 2 aromatic heterocycles. The van der Waals surface area contributed by atoms with Crippen LogP contribution in [0.25, 0.3) is 17.8 Å². The largest absolute Gasteiger partial charge is 0.492 e. The van der Waals surface area contributed by atoms with Gasteiger partial charge >= 0.3 is 0 Å². The number of aromatic hydroxyl groups is 2. The normalized spacial score (nSPS) is 15.1. The van der Waals surface area contributed by atoms with Gasteiger partial charge in [0.05, 0.1) is 28.4 Å². The predicted molar refractivity (Wildman–Crippen MR) is 266 cm³/mol. The number of fused-ring (bicyclic) bond motifs is 1. The molecule has 6 aromatic carbocycles. The minimum Gasteiger partial charge on any atom is -0.492 e. The molecular formula is C53H40N12O4. The van der Waals surface area contributed by atoms with E-state index < -0.39 is 11.8 Å². The Morgan fingerprint density at radius 1 is 0.536 bits per heavy atom. The Bertz CT molecular complexity index is 3460. The molecular weight excluding hydrogens is 869 g/mol. The van der Waals surface area contributed by atoms with Crippen LogP contribution in [-0.2, 0) is 9.59 Å². The Balaban J connectivity index is 0.881. The number of aryl methyl sites for hydroxylation is 1. The van der Waals surface area contributed by atoms with E-state index in [2.05, 4.69) is 30.5 Å². The molecule has 0 radical (unpaired) electrons. The zero-order valence-corrected chi connectivity index (χ0v) is 37.3. The molecule has 0 unspecified atom stereocenters. The molecule has 69 heavy (non-hydrogen) atoms. The van der Waals surface area contributed by atoms with Crippen LogP contribution in [0.2, 0.25) is 0 Å². The number of para-hydroxylation sites is 2. The Hall–Kier alpha value is -9.70. The smallest absolute Gasteiger partial charge is 0.282 e. The van der Waals surface area contributed by atoms with Crippen LogP contribution in [-0.4, -0.2) is 62.4 Å². The molecule has 0 spiro atoms. The molecule has 336 valence electrons. The minimum absolute atomic E-state index is 0.0166. The van der Waals surface area contributed by atoms with Crippen molar-refractivity contribution in [2.45, 2.75) is 6.92 Å². The van der Waals surface area contributed by atoms with E-state index in [0.717, 1.165) is 21.3 Å². The molecule has 2 amide bonds. The fourth-order valence-electron chi connectivity index (χ4n) is 7.68. The van der Waals surface area contributed by atoms with Crippen LogP contribution in [0.5, 0.6) is 11.8 Å². The van der Waals surface area contributed by atoms with Gasteiger partial charge in [-0.15, -0.1) is 15.3 Å². The summed E-state index contributed by atoms with van der Waals surface area (Å²) in [6, 6.07) is 50.0. The number of amides is 2. The van der Waals surface area contributed by atoms with Crippen molar-refractivity contribution in [2.75, 3.05) is 28.8 Å². The number of azo groups is 2. The van der Waals surface area contributed by atoms with Crippen molar-refractivity contribution in [1.82, 2.24) is 14.6 Å². The quantitative estimate of drug-likeness (QED) is 0.0953. The van der Waals surface area contributed by atoms with Crippen LogP contribution in [0.1, 0.15) is 27.9 Å². The van der Waals surface area contributed by atoms with E-state index in [4.69, 9.17) is 9.98 Å². The number of amidine groups is 2. The summed E-state index contributed by atoms with van der Waals surface area (Å²) in [6.07, 6.45) is 3.53. The zero-order valence-electron chi connectivity index (χ0n) is 37.3. The van der Waals surface area contributed by atoms with Gasteiger partial charge in [-0.1, -0.05) is 78.9 Å². The molecule has 8 aromatic rings. The van der Waals surface area contributed by atoms with Crippen LogP contribution in [0, 0.1) is 6.92 Å². The van der Waals surface area contributed by atoms with Crippen molar-refractivity contribution in [1.29, 1.82) is 0 Å². The molecule has 2 aliphatic rings. The Kier molecular flexibility index (Phi) is 11.5. The standard InChI is InChI=1S/C53H40N12O4/c1-33-45(59-57-38-25-21-36(22-26-38)47-55-43(31-34-13-7-4-8-14-34)51(67)63(47)41-15-9-5-10-16-41)53(69)65-49(54-33)46(50(66)61-65)60-58-39-27-23-37(24-28-39)48-56-44(32-35-19-29-40(30-20-35)62(2)3)52(68)64(48)42-17-11-6-12-18-42/h4-32,69H,1-3H3,(H,61,66)/b43-31+,44-32+,59-57?,60-58?. The summed E-state index contributed by atoms with van der Waals surface area (Å²) in [5, 5.41) is 43.5. The SMILES string of the molecule is Cc1nc2c(N=Nc3ccc(C4=N/C(=C/c5ccc(N(C)C)cc5)C(=O)N4c4ccccc4)cc3)c(O)nn2c(O)c1N=Nc1ccc(C2=N/C(=C/c3ccccc3)C(=O)N2c2ccccc2)cc1. The zero-order chi connectivity index (χ0) is 47.6. The van der Waals surface area contributed by atoms with Gasteiger partial charge in [-0.05, 0) is 115 Å². The lowest BCUT2D eigenvalue weighted by molar-refractivity contribution is -0.114. The van der Waals surface area contributed by atoms with E-state index in [1.165, 1.54) is 0 Å². The maximum absolute atomic E-state index is 13.9. The first-order valence-electron chi connectivity index (χ1n) is 21.7. The van der Waals surface area contributed by atoms with Crippen molar-refractivity contribution < 1.29 is 19.8 Å². The number of carbonyl (C=O) groups is 2. The number of aliphatic imine (C=N–C) groups is 2. The monoisotopic (exact) mass is 908 g/mol. The molecule has 2 N–H and O–H groups in total. The van der Waals surface area contributed by atoms with Crippen LogP contribution < -0.4 is 14.7 Å². The molecule has 0 bridgehead atoms. The van der Waals surface area contributed by atoms with Crippen LogP contribution in [0.15, 0.2) is 206 Å². The summed E-state index contributed by atoms with van der Waals surface area (Å²) < 4.78 is 1.01. The second-order valence-electron chi connectivity index (χ2n) is 16.0. The number of nitrogens with zero attached hydrogens (tertiary/aromatic N) is 12. The first-order chi connectivity index (χ1) is 33.6. The van der Waals surface area contributed by atoms with Crippen molar-refractivity contribution in [3.8, 4) is 11.8 Å². The van der Waals surface area contributed by atoms with E-state index in [-0.39, 0.29) is 34.5 Å². The number of rotatable bonds is 11. The third-order valence-electron chi connectivity index (χ3n) is 11.2. The molecule has 0 saturated heterocycles. The third kappa shape index (κ3) is 8.63. The van der Waals surface area contributed by atoms with E-state index >= 15 is 0 Å². The molecule has 16 heteroatoms. The highest BCUT2D eigenvalue weighted by Crippen LogP contribution is 2.39. The lowest BCUT2D eigenvalue weighted by Gasteiger charge is -2.18. The molecule has 4 heterocycles. The fraction of sp³-hybridized carbons (Fsp3) is 0.0566. The molecule has 0 atom stereocenters. The van der Waals surface area contributed by atoms with Gasteiger partial charge in [0.25, 0.3) is 17.7 Å². The van der Waals surface area contributed by atoms with Gasteiger partial charge in [-0.3, -0.25) is 19.4 Å². The van der Waals surface area contributed by atoms with Gasteiger partial charge < -0.3 is 15.1 Å². The summed E-state index contributed by atoms with van der Waals surface area (Å²) >= 11 is 0. The number of carbonyl (C=O) groups excluding carboxylic acids is 2. The van der Waals surface area contributed by atoms with Gasteiger partial charge in [0.1, 0.15) is 23.1 Å². The minimum atomic E-state index is -0.519. The lowest BCUT2D eigenvalue weighted by Crippen LogP contribution is -2.32. The van der Waals surface area contributed by atoms with Crippen molar-refractivity contribution >= 4 is 81.1 Å². The summed E-state index contributed by atoms with van der Waals surface area (Å²) in [4.78, 5) is 46.8. The fourth-order valence-corrected chi connectivity index (χ4v) is 7.68. The first-order valence-corrected chi connectivity index (χ1v) is 21.7. The van der Waals surface area contributed by atoms with Crippen LogP contribution in [0.4, 0.5) is 39.8 Å². The van der Waals surface area contributed by atoms with E-state index in [1.807, 2.05) is 134 Å². The number of benzene rings is 6. The average Bonchev–Trinajstić information content (AvgIpc) is 4.00. The second kappa shape index (κ2) is 18.3. The highest BCUT2D eigenvalue weighted by molar-refractivity contribution is 6.34. The maximum atomic E-state index is 13.9. The van der Waals surface area contributed by atoms with Crippen molar-refractivity contribution in [3.05, 3.63) is 203 Å².